The van der Waals surface area contributed by atoms with Crippen LogP contribution < -0.4 is 15.5 Å². The molecule has 1 atom stereocenters. The lowest BCUT2D eigenvalue weighted by Gasteiger charge is -2.33. The summed E-state index contributed by atoms with van der Waals surface area (Å²) in [7, 11) is 0. The van der Waals surface area contributed by atoms with Gasteiger partial charge in [-0.25, -0.2) is 14.1 Å². The van der Waals surface area contributed by atoms with Gasteiger partial charge in [0.25, 0.3) is 0 Å². The largest absolute Gasteiger partial charge is 0.394 e. The molecule has 1 aromatic carbocycles. The van der Waals surface area contributed by atoms with E-state index in [9.17, 15) is 4.79 Å². The fourth-order valence-electron chi connectivity index (χ4n) is 4.01. The van der Waals surface area contributed by atoms with E-state index in [-0.39, 0.29) is 25.0 Å². The Morgan fingerprint density at radius 2 is 2.18 bits per heavy atom. The Hall–Kier alpha value is -3.90. The summed E-state index contributed by atoms with van der Waals surface area (Å²) in [6, 6.07) is 4.95. The van der Waals surface area contributed by atoms with Crippen molar-refractivity contribution < 1.29 is 14.3 Å². The predicted octanol–water partition coefficient (Wildman–Crippen LogP) is 0.923. The molecule has 0 aliphatic carbocycles. The zero-order valence-corrected chi connectivity index (χ0v) is 18.3. The lowest BCUT2D eigenvalue weighted by Crippen LogP contribution is -2.51. The maximum atomic E-state index is 15.4. The van der Waals surface area contributed by atoms with Crippen molar-refractivity contribution in [2.24, 2.45) is 0 Å². The Morgan fingerprint density at radius 3 is 3.03 bits per heavy atom. The first-order chi connectivity index (χ1) is 16.6. The van der Waals surface area contributed by atoms with Crippen molar-refractivity contribution in [3.05, 3.63) is 54.4 Å². The molecule has 1 unspecified atom stereocenters. The third kappa shape index (κ3) is 4.45. The van der Waals surface area contributed by atoms with E-state index in [2.05, 4.69) is 30.8 Å². The number of fused-ring (bicyclic) bond motifs is 1. The van der Waals surface area contributed by atoms with Crippen LogP contribution in [0, 0.1) is 5.82 Å². The Labute approximate surface area is 194 Å². The molecule has 1 fully saturated rings. The maximum Gasteiger partial charge on any atom is 0.229 e. The topological polar surface area (TPSA) is 126 Å². The normalized spacial score (nSPS) is 16.2. The van der Waals surface area contributed by atoms with E-state index in [4.69, 9.17) is 5.11 Å². The Morgan fingerprint density at radius 1 is 1.26 bits per heavy atom. The average Bonchev–Trinajstić information content (AvgIpc) is 3.47. The minimum atomic E-state index is -0.332. The predicted molar refractivity (Wildman–Crippen MR) is 123 cm³/mol. The molecule has 5 rings (SSSR count). The first-order valence-electron chi connectivity index (χ1n) is 10.9. The summed E-state index contributed by atoms with van der Waals surface area (Å²) in [6.07, 6.45) is 7.51. The van der Waals surface area contributed by atoms with Crippen LogP contribution in [0.1, 0.15) is 5.56 Å². The molecule has 3 aromatic heterocycles. The van der Waals surface area contributed by atoms with E-state index in [1.165, 1.54) is 0 Å². The molecule has 1 saturated heterocycles. The van der Waals surface area contributed by atoms with Crippen molar-refractivity contribution in [1.29, 1.82) is 0 Å². The summed E-state index contributed by atoms with van der Waals surface area (Å²) in [6.45, 7) is 2.23. The van der Waals surface area contributed by atoms with E-state index in [1.807, 2.05) is 11.0 Å². The van der Waals surface area contributed by atoms with Gasteiger partial charge in [-0.15, -0.1) is 0 Å². The van der Waals surface area contributed by atoms with Crippen LogP contribution in [0.25, 0.3) is 11.0 Å². The molecule has 0 spiro atoms. The number of aliphatic hydroxyl groups is 1. The number of aldehydes is 1. The maximum absolute atomic E-state index is 15.4. The molecular weight excluding hydrogens is 441 g/mol. The Bertz CT molecular complexity index is 1300. The number of anilines is 3. The first-order valence-corrected chi connectivity index (χ1v) is 10.9. The number of aliphatic hydroxyl groups excluding tert-OH is 1. The molecule has 0 saturated carbocycles. The van der Waals surface area contributed by atoms with Crippen LogP contribution in [0.2, 0.25) is 0 Å². The second-order valence-corrected chi connectivity index (χ2v) is 8.01. The summed E-state index contributed by atoms with van der Waals surface area (Å²) >= 11 is 0. The van der Waals surface area contributed by atoms with Crippen LogP contribution in [-0.2, 0) is 17.9 Å². The number of rotatable bonds is 8. The van der Waals surface area contributed by atoms with E-state index in [1.54, 1.807) is 46.3 Å². The Kier molecular flexibility index (Phi) is 6.14. The monoisotopic (exact) mass is 465 g/mol. The van der Waals surface area contributed by atoms with Crippen LogP contribution in [0.4, 0.5) is 21.7 Å². The molecule has 1 aliphatic rings. The van der Waals surface area contributed by atoms with Gasteiger partial charge in [-0.05, 0) is 6.07 Å². The van der Waals surface area contributed by atoms with Gasteiger partial charge in [0.1, 0.15) is 6.29 Å². The van der Waals surface area contributed by atoms with Crippen LogP contribution in [0.3, 0.4) is 0 Å². The molecule has 4 aromatic rings. The number of hydrogen-bond acceptors (Lipinski definition) is 9. The molecule has 176 valence electrons. The molecule has 3 N–H and O–H groups in total. The number of hydrogen-bond donors (Lipinski definition) is 3. The smallest absolute Gasteiger partial charge is 0.229 e. The molecule has 0 bridgehead atoms. The van der Waals surface area contributed by atoms with Gasteiger partial charge in [0.15, 0.2) is 11.5 Å². The van der Waals surface area contributed by atoms with E-state index in [0.717, 1.165) is 11.7 Å². The lowest BCUT2D eigenvalue weighted by molar-refractivity contribution is -0.109. The summed E-state index contributed by atoms with van der Waals surface area (Å²) in [4.78, 5) is 21.9. The molecule has 1 aliphatic heterocycles. The van der Waals surface area contributed by atoms with Gasteiger partial charge in [0, 0.05) is 37.6 Å². The van der Waals surface area contributed by atoms with Crippen molar-refractivity contribution >= 4 is 34.6 Å². The third-order valence-electron chi connectivity index (χ3n) is 5.68. The van der Waals surface area contributed by atoms with Gasteiger partial charge in [-0.2, -0.15) is 15.2 Å². The highest BCUT2D eigenvalue weighted by molar-refractivity contribution is 5.75. The average molecular weight is 465 g/mol. The first kappa shape index (κ1) is 21.9. The SMILES string of the molecule is O=CC1CN(c2cccc(Cn3ncc4cnc(Nc5cnn(CCO)c5)nc43)c2F)CCN1. The number of carbonyl (C=O) groups is 1. The summed E-state index contributed by atoms with van der Waals surface area (Å²) in [5, 5.41) is 24.5. The minimum Gasteiger partial charge on any atom is -0.394 e. The fourth-order valence-corrected chi connectivity index (χ4v) is 4.01. The van der Waals surface area contributed by atoms with Gasteiger partial charge >= 0.3 is 0 Å². The van der Waals surface area contributed by atoms with Crippen molar-refractivity contribution in [3.63, 3.8) is 0 Å². The lowest BCUT2D eigenvalue weighted by atomic mass is 10.1. The quantitative estimate of drug-likeness (QED) is 0.326. The summed E-state index contributed by atoms with van der Waals surface area (Å²) in [5.74, 6) is 0.0224. The molecule has 34 heavy (non-hydrogen) atoms. The third-order valence-corrected chi connectivity index (χ3v) is 5.68. The van der Waals surface area contributed by atoms with Crippen molar-refractivity contribution in [2.45, 2.75) is 19.1 Å². The molecule has 0 radical (unpaired) electrons. The van der Waals surface area contributed by atoms with Crippen LogP contribution in [0.15, 0.2) is 43.0 Å². The zero-order chi connectivity index (χ0) is 23.5. The number of nitrogens with zero attached hydrogens (tertiary/aromatic N) is 7. The minimum absolute atomic E-state index is 0.00710. The Balaban J connectivity index is 1.38. The molecule has 0 amide bonds. The molecule has 11 nitrogen and oxygen atoms in total. The van der Waals surface area contributed by atoms with Gasteiger partial charge in [-0.3, -0.25) is 4.68 Å². The fraction of sp³-hybridized carbons (Fsp3) is 0.318. The van der Waals surface area contributed by atoms with Crippen LogP contribution in [-0.4, -0.2) is 73.2 Å². The zero-order valence-electron chi connectivity index (χ0n) is 18.3. The second kappa shape index (κ2) is 9.53. The van der Waals surface area contributed by atoms with E-state index < -0.39 is 0 Å². The number of aromatic nitrogens is 6. The van der Waals surface area contributed by atoms with Crippen molar-refractivity contribution in [1.82, 2.24) is 34.8 Å². The highest BCUT2D eigenvalue weighted by Gasteiger charge is 2.22. The number of halogens is 1. The van der Waals surface area contributed by atoms with Crippen molar-refractivity contribution in [3.8, 4) is 0 Å². The van der Waals surface area contributed by atoms with Crippen LogP contribution in [0.5, 0.6) is 0 Å². The van der Waals surface area contributed by atoms with E-state index >= 15 is 4.39 Å². The standard InChI is InChI=1S/C22H24FN9O2/c23-20-15(2-1-3-19(20)30-5-4-24-18(12-30)14-34)11-32-21-16(9-27-32)8-25-22(29-21)28-17-10-26-31(13-17)6-7-33/h1-3,8-10,13-14,18,24,33H,4-7,11-12H2,(H,25,28,29). The van der Waals surface area contributed by atoms with Gasteiger partial charge < -0.3 is 25.4 Å². The number of carbonyl (C=O) groups excluding carboxylic acids is 1. The number of piperazine rings is 1. The van der Waals surface area contributed by atoms with E-state index in [0.29, 0.717) is 54.7 Å². The molecule has 12 heteroatoms. The highest BCUT2D eigenvalue weighted by Crippen LogP contribution is 2.25. The van der Waals surface area contributed by atoms with Gasteiger partial charge in [0.2, 0.25) is 5.95 Å². The van der Waals surface area contributed by atoms with Crippen LogP contribution >= 0.6 is 0 Å². The molecule has 4 heterocycles. The number of nitrogens with one attached hydrogen (secondary N) is 2. The van der Waals surface area contributed by atoms with Crippen molar-refractivity contribution in [2.75, 3.05) is 36.5 Å². The number of benzene rings is 1. The molecular formula is C22H24FN9O2. The summed E-state index contributed by atoms with van der Waals surface area (Å²) in [5.41, 5.74) is 2.19. The summed E-state index contributed by atoms with van der Waals surface area (Å²) < 4.78 is 18.7. The van der Waals surface area contributed by atoms with Gasteiger partial charge in [-0.1, -0.05) is 12.1 Å². The highest BCUT2D eigenvalue weighted by atomic mass is 19.1. The second-order valence-electron chi connectivity index (χ2n) is 8.01. The van der Waals surface area contributed by atoms with Gasteiger partial charge in [0.05, 0.1) is 54.9 Å².